The third kappa shape index (κ3) is 7.04. The van der Waals surface area contributed by atoms with E-state index in [1.807, 2.05) is 23.5 Å². The van der Waals surface area contributed by atoms with Crippen molar-refractivity contribution < 1.29 is 0 Å². The predicted octanol–water partition coefficient (Wildman–Crippen LogP) is 4.47. The van der Waals surface area contributed by atoms with Crippen molar-refractivity contribution >= 4 is 23.5 Å². The van der Waals surface area contributed by atoms with Gasteiger partial charge in [0.05, 0.1) is 5.69 Å². The number of nitrogens with zero attached hydrogens (tertiary/aromatic N) is 1. The van der Waals surface area contributed by atoms with Gasteiger partial charge in [-0.2, -0.15) is 5.10 Å². The van der Waals surface area contributed by atoms with Gasteiger partial charge in [-0.05, 0) is 6.07 Å². The first-order valence-electron chi connectivity index (χ1n) is 5.97. The maximum Gasteiger partial charge on any atom is 0.0724 e. The average molecular weight is 272 g/mol. The lowest BCUT2D eigenvalue weighted by atomic mass is 10.3. The second kappa shape index (κ2) is 5.70. The van der Waals surface area contributed by atoms with Crippen LogP contribution in [0.2, 0.25) is 0 Å². The van der Waals surface area contributed by atoms with Crippen LogP contribution in [0.4, 0.5) is 0 Å². The number of H-pyrrole nitrogens is 1. The van der Waals surface area contributed by atoms with Crippen molar-refractivity contribution in [1.29, 1.82) is 0 Å². The number of rotatable bonds is 4. The number of nitrogens with one attached hydrogen (secondary N) is 1. The number of hydrogen-bond donors (Lipinski definition) is 1. The second-order valence-electron chi connectivity index (χ2n) is 6.19. The van der Waals surface area contributed by atoms with Crippen molar-refractivity contribution in [3.05, 3.63) is 17.5 Å². The molecular weight excluding hydrogens is 248 g/mol. The van der Waals surface area contributed by atoms with Crippen molar-refractivity contribution in [1.82, 2.24) is 10.2 Å². The summed E-state index contributed by atoms with van der Waals surface area (Å²) in [6, 6.07) is 2.19. The molecule has 0 fully saturated rings. The Kier molecular flexibility index (Phi) is 5.02. The predicted molar refractivity (Wildman–Crippen MR) is 80.7 cm³/mol. The van der Waals surface area contributed by atoms with Gasteiger partial charge < -0.3 is 0 Å². The van der Waals surface area contributed by atoms with Gasteiger partial charge in [0, 0.05) is 26.7 Å². The normalized spacial score (nSPS) is 13.1. The van der Waals surface area contributed by atoms with Crippen molar-refractivity contribution in [2.24, 2.45) is 0 Å². The van der Waals surface area contributed by atoms with Crippen LogP contribution in [0.1, 0.15) is 52.9 Å². The molecule has 0 saturated heterocycles. The van der Waals surface area contributed by atoms with Gasteiger partial charge in [0.15, 0.2) is 0 Å². The van der Waals surface area contributed by atoms with E-state index in [4.69, 9.17) is 0 Å². The average Bonchev–Trinajstić information content (AvgIpc) is 2.57. The molecule has 4 heteroatoms. The zero-order chi connectivity index (χ0) is 13.1. The number of aromatic amines is 1. The molecular formula is C13H24N2S2. The second-order valence-corrected chi connectivity index (χ2v) is 9.79. The third-order valence-electron chi connectivity index (χ3n) is 2.00. The van der Waals surface area contributed by atoms with E-state index in [-0.39, 0.29) is 0 Å². The van der Waals surface area contributed by atoms with E-state index in [1.54, 1.807) is 0 Å². The van der Waals surface area contributed by atoms with Crippen molar-refractivity contribution in [2.45, 2.75) is 62.5 Å². The van der Waals surface area contributed by atoms with Crippen molar-refractivity contribution in [3.63, 3.8) is 0 Å². The zero-order valence-electron chi connectivity index (χ0n) is 11.8. The van der Waals surface area contributed by atoms with Crippen LogP contribution in [0.25, 0.3) is 0 Å². The minimum Gasteiger partial charge on any atom is -0.281 e. The maximum atomic E-state index is 4.36. The molecule has 98 valence electrons. The molecule has 0 bridgehead atoms. The summed E-state index contributed by atoms with van der Waals surface area (Å²) < 4.78 is 0.616. The fraction of sp³-hybridized carbons (Fsp3) is 0.769. The number of aromatic nitrogens is 2. The molecule has 2 nitrogen and oxygen atoms in total. The zero-order valence-corrected chi connectivity index (χ0v) is 13.4. The minimum atomic E-state index is 0.305. The Bertz CT molecular complexity index is 313. The molecule has 0 atom stereocenters. The van der Waals surface area contributed by atoms with Gasteiger partial charge in [-0.15, -0.1) is 23.5 Å². The standard InChI is InChI=1S/C13H24N2S2/c1-12(2,3)16-8-10-7-11(15-14-10)9-17-13(4,5)6/h7H,8-9H2,1-6H3,(H,14,15). The molecule has 17 heavy (non-hydrogen) atoms. The molecule has 0 radical (unpaired) electrons. The van der Waals surface area contributed by atoms with E-state index in [1.165, 1.54) is 5.69 Å². The molecule has 0 aliphatic carbocycles. The molecule has 0 saturated carbocycles. The summed E-state index contributed by atoms with van der Waals surface area (Å²) in [5.74, 6) is 2.00. The molecule has 0 amide bonds. The minimum absolute atomic E-state index is 0.305. The fourth-order valence-electron chi connectivity index (χ4n) is 1.14. The Balaban J connectivity index is 2.43. The summed E-state index contributed by atoms with van der Waals surface area (Å²) in [6.07, 6.45) is 0. The van der Waals surface area contributed by atoms with Gasteiger partial charge in [0.2, 0.25) is 0 Å². The molecule has 0 unspecified atom stereocenters. The summed E-state index contributed by atoms with van der Waals surface area (Å²) in [7, 11) is 0. The highest BCUT2D eigenvalue weighted by Crippen LogP contribution is 2.29. The molecule has 0 aromatic carbocycles. The van der Waals surface area contributed by atoms with E-state index >= 15 is 0 Å². The van der Waals surface area contributed by atoms with E-state index in [2.05, 4.69) is 57.8 Å². The van der Waals surface area contributed by atoms with E-state index in [0.717, 1.165) is 17.2 Å². The van der Waals surface area contributed by atoms with Crippen LogP contribution in [-0.4, -0.2) is 19.7 Å². The molecule has 1 rings (SSSR count). The summed E-state index contributed by atoms with van der Waals surface area (Å²) in [4.78, 5) is 0. The molecule has 0 aliphatic heterocycles. The van der Waals surface area contributed by atoms with Gasteiger partial charge >= 0.3 is 0 Å². The summed E-state index contributed by atoms with van der Waals surface area (Å²) in [5, 5.41) is 7.49. The van der Waals surface area contributed by atoms with Crippen molar-refractivity contribution in [3.8, 4) is 0 Å². The van der Waals surface area contributed by atoms with Crippen LogP contribution < -0.4 is 0 Å². The lowest BCUT2D eigenvalue weighted by Crippen LogP contribution is -2.07. The largest absolute Gasteiger partial charge is 0.281 e. The Hall–Kier alpha value is -0.0900. The SMILES string of the molecule is CC(C)(C)SCc1cc(CSC(C)(C)C)[nH]n1. The third-order valence-corrected chi connectivity index (χ3v) is 4.63. The molecule has 0 aliphatic rings. The highest BCUT2D eigenvalue weighted by Gasteiger charge is 2.14. The fourth-order valence-corrected chi connectivity index (χ4v) is 2.61. The lowest BCUT2D eigenvalue weighted by Gasteiger charge is -2.16. The smallest absolute Gasteiger partial charge is 0.0724 e. The maximum absolute atomic E-state index is 4.36. The quantitative estimate of drug-likeness (QED) is 0.876. The number of hydrogen-bond acceptors (Lipinski definition) is 3. The Morgan fingerprint density at radius 2 is 1.53 bits per heavy atom. The first-order chi connectivity index (χ1) is 7.66. The summed E-state index contributed by atoms with van der Waals surface area (Å²) in [6.45, 7) is 13.4. The molecule has 0 spiro atoms. The topological polar surface area (TPSA) is 28.7 Å². The van der Waals surface area contributed by atoms with Gasteiger partial charge in [-0.3, -0.25) is 5.10 Å². The van der Waals surface area contributed by atoms with Crippen LogP contribution in [0, 0.1) is 0 Å². The van der Waals surface area contributed by atoms with Gasteiger partial charge in [-0.1, -0.05) is 41.5 Å². The lowest BCUT2D eigenvalue weighted by molar-refractivity contribution is 0.800. The van der Waals surface area contributed by atoms with Crippen LogP contribution >= 0.6 is 23.5 Å². The molecule has 1 aromatic heterocycles. The first-order valence-corrected chi connectivity index (χ1v) is 7.94. The Morgan fingerprint density at radius 3 is 2.06 bits per heavy atom. The van der Waals surface area contributed by atoms with E-state index in [0.29, 0.717) is 9.49 Å². The van der Waals surface area contributed by atoms with E-state index < -0.39 is 0 Å². The highest BCUT2D eigenvalue weighted by atomic mass is 32.2. The van der Waals surface area contributed by atoms with Crippen LogP contribution in [0.5, 0.6) is 0 Å². The van der Waals surface area contributed by atoms with Gasteiger partial charge in [0.1, 0.15) is 0 Å². The van der Waals surface area contributed by atoms with Crippen LogP contribution in [0.3, 0.4) is 0 Å². The number of thioether (sulfide) groups is 2. The van der Waals surface area contributed by atoms with E-state index in [9.17, 15) is 0 Å². The monoisotopic (exact) mass is 272 g/mol. The molecule has 1 aromatic rings. The summed E-state index contributed by atoms with van der Waals surface area (Å²) in [5.41, 5.74) is 2.39. The first kappa shape index (κ1) is 15.0. The van der Waals surface area contributed by atoms with Crippen LogP contribution in [0.15, 0.2) is 6.07 Å². The molecule has 1 N–H and O–H groups in total. The Morgan fingerprint density at radius 1 is 1.00 bits per heavy atom. The highest BCUT2D eigenvalue weighted by molar-refractivity contribution is 8.00. The van der Waals surface area contributed by atoms with Gasteiger partial charge in [0.25, 0.3) is 0 Å². The Labute approximate surface area is 114 Å². The van der Waals surface area contributed by atoms with Gasteiger partial charge in [-0.25, -0.2) is 0 Å². The van der Waals surface area contributed by atoms with Crippen molar-refractivity contribution in [2.75, 3.05) is 0 Å². The van der Waals surface area contributed by atoms with Crippen LogP contribution in [-0.2, 0) is 11.5 Å². The molecule has 1 heterocycles. The summed E-state index contributed by atoms with van der Waals surface area (Å²) >= 11 is 3.88.